The summed E-state index contributed by atoms with van der Waals surface area (Å²) in [5.41, 5.74) is 0. The number of nitrogens with zero attached hydrogens (tertiary/aromatic N) is 1. The molecule has 0 fully saturated rings. The second-order valence-corrected chi connectivity index (χ2v) is 4.25. The highest BCUT2D eigenvalue weighted by atomic mass is 127. The SMILES string of the molecule is CN=C(NC)NCCNS(C)(=O)=O.I. The third-order valence-electron chi connectivity index (χ3n) is 1.24. The number of nitrogens with one attached hydrogen (secondary N) is 3. The number of hydrogen-bond acceptors (Lipinski definition) is 3. The van der Waals surface area contributed by atoms with Crippen LogP contribution >= 0.6 is 24.0 Å². The molecular weight excluding hydrogens is 319 g/mol. The molecular formula is C6H17IN4O2S. The fraction of sp³-hybridized carbons (Fsp3) is 0.833. The molecule has 0 aliphatic carbocycles. The second-order valence-electron chi connectivity index (χ2n) is 2.42. The smallest absolute Gasteiger partial charge is 0.208 e. The van der Waals surface area contributed by atoms with E-state index in [0.717, 1.165) is 6.26 Å². The van der Waals surface area contributed by atoms with Crippen LogP contribution in [0.15, 0.2) is 4.99 Å². The van der Waals surface area contributed by atoms with E-state index in [9.17, 15) is 8.42 Å². The van der Waals surface area contributed by atoms with Crippen LogP contribution in [0.1, 0.15) is 0 Å². The van der Waals surface area contributed by atoms with Crippen molar-refractivity contribution in [1.82, 2.24) is 15.4 Å². The molecule has 0 aromatic carbocycles. The normalized spacial score (nSPS) is 11.8. The topological polar surface area (TPSA) is 82.6 Å². The van der Waals surface area contributed by atoms with Gasteiger partial charge >= 0.3 is 0 Å². The molecule has 0 radical (unpaired) electrons. The van der Waals surface area contributed by atoms with Crippen molar-refractivity contribution in [3.8, 4) is 0 Å². The molecule has 86 valence electrons. The van der Waals surface area contributed by atoms with Crippen molar-refractivity contribution < 1.29 is 8.42 Å². The second kappa shape index (κ2) is 8.24. The lowest BCUT2D eigenvalue weighted by molar-refractivity contribution is 0.587. The van der Waals surface area contributed by atoms with Gasteiger partial charge in [-0.2, -0.15) is 0 Å². The number of guanidine groups is 1. The van der Waals surface area contributed by atoms with Crippen molar-refractivity contribution in [3.63, 3.8) is 0 Å². The van der Waals surface area contributed by atoms with Gasteiger partial charge in [0.1, 0.15) is 0 Å². The Labute approximate surface area is 102 Å². The van der Waals surface area contributed by atoms with Gasteiger partial charge in [-0.1, -0.05) is 0 Å². The third-order valence-corrected chi connectivity index (χ3v) is 1.97. The van der Waals surface area contributed by atoms with Gasteiger partial charge in [-0.05, 0) is 0 Å². The number of hydrogen-bond donors (Lipinski definition) is 3. The first-order valence-corrected chi connectivity index (χ1v) is 5.72. The average molecular weight is 336 g/mol. The quantitative estimate of drug-likeness (QED) is 0.265. The fourth-order valence-corrected chi connectivity index (χ4v) is 1.17. The lowest BCUT2D eigenvalue weighted by Crippen LogP contribution is -2.39. The first kappa shape index (κ1) is 16.3. The van der Waals surface area contributed by atoms with Crippen LogP contribution in [-0.4, -0.2) is 47.8 Å². The predicted octanol–water partition coefficient (Wildman–Crippen LogP) is -1.05. The zero-order valence-electron chi connectivity index (χ0n) is 8.49. The van der Waals surface area contributed by atoms with E-state index in [4.69, 9.17) is 0 Å². The maximum absolute atomic E-state index is 10.6. The van der Waals surface area contributed by atoms with Gasteiger partial charge in [0.15, 0.2) is 5.96 Å². The largest absolute Gasteiger partial charge is 0.359 e. The Hall–Kier alpha value is -0.0900. The molecule has 0 aliphatic rings. The van der Waals surface area contributed by atoms with Crippen LogP contribution in [0.25, 0.3) is 0 Å². The number of sulfonamides is 1. The van der Waals surface area contributed by atoms with E-state index in [1.54, 1.807) is 14.1 Å². The molecule has 14 heavy (non-hydrogen) atoms. The summed E-state index contributed by atoms with van der Waals surface area (Å²) in [5, 5.41) is 5.71. The van der Waals surface area contributed by atoms with Crippen molar-refractivity contribution >= 4 is 40.0 Å². The van der Waals surface area contributed by atoms with Gasteiger partial charge < -0.3 is 10.6 Å². The summed E-state index contributed by atoms with van der Waals surface area (Å²) in [7, 11) is 0.291. The molecule has 0 unspecified atom stereocenters. The van der Waals surface area contributed by atoms with Crippen molar-refractivity contribution in [2.75, 3.05) is 33.4 Å². The summed E-state index contributed by atoms with van der Waals surface area (Å²) < 4.78 is 23.6. The Kier molecular flexibility index (Phi) is 9.62. The van der Waals surface area contributed by atoms with E-state index in [-0.39, 0.29) is 24.0 Å². The van der Waals surface area contributed by atoms with Crippen LogP contribution in [0.2, 0.25) is 0 Å². The number of rotatable bonds is 4. The molecule has 0 spiro atoms. The minimum atomic E-state index is -3.09. The van der Waals surface area contributed by atoms with Crippen LogP contribution in [0, 0.1) is 0 Å². The molecule has 0 heterocycles. The molecule has 0 bridgehead atoms. The molecule has 0 saturated heterocycles. The fourth-order valence-electron chi connectivity index (χ4n) is 0.697. The third kappa shape index (κ3) is 9.99. The summed E-state index contributed by atoms with van der Waals surface area (Å²) in [5.74, 6) is 0.635. The van der Waals surface area contributed by atoms with Gasteiger partial charge in [0.2, 0.25) is 10.0 Å². The Morgan fingerprint density at radius 2 is 1.93 bits per heavy atom. The van der Waals surface area contributed by atoms with Crippen LogP contribution in [-0.2, 0) is 10.0 Å². The maximum atomic E-state index is 10.6. The molecule has 0 amide bonds. The zero-order valence-corrected chi connectivity index (χ0v) is 11.6. The van der Waals surface area contributed by atoms with Crippen LogP contribution in [0.4, 0.5) is 0 Å². The lowest BCUT2D eigenvalue weighted by Gasteiger charge is -2.07. The Morgan fingerprint density at radius 1 is 1.36 bits per heavy atom. The van der Waals surface area contributed by atoms with E-state index in [0.29, 0.717) is 19.0 Å². The summed E-state index contributed by atoms with van der Waals surface area (Å²) in [6.07, 6.45) is 1.12. The van der Waals surface area contributed by atoms with Crippen LogP contribution < -0.4 is 15.4 Å². The highest BCUT2D eigenvalue weighted by Crippen LogP contribution is 1.71. The lowest BCUT2D eigenvalue weighted by atomic mass is 10.6. The first-order valence-electron chi connectivity index (χ1n) is 3.82. The van der Waals surface area contributed by atoms with E-state index in [2.05, 4.69) is 20.3 Å². The molecule has 6 nitrogen and oxygen atoms in total. The highest BCUT2D eigenvalue weighted by Gasteiger charge is 1.98. The molecule has 8 heteroatoms. The van der Waals surface area contributed by atoms with Crippen molar-refractivity contribution in [2.24, 2.45) is 4.99 Å². The van der Waals surface area contributed by atoms with E-state index < -0.39 is 10.0 Å². The zero-order chi connectivity index (χ0) is 10.3. The van der Waals surface area contributed by atoms with Gasteiger partial charge in [-0.15, -0.1) is 24.0 Å². The first-order chi connectivity index (χ1) is 5.99. The Balaban J connectivity index is 0. The van der Waals surface area contributed by atoms with E-state index in [1.807, 2.05) is 0 Å². The van der Waals surface area contributed by atoms with Crippen LogP contribution in [0.3, 0.4) is 0 Å². The molecule has 0 aromatic heterocycles. The molecule has 0 rings (SSSR count). The highest BCUT2D eigenvalue weighted by molar-refractivity contribution is 14.0. The Bertz CT molecular complexity index is 265. The van der Waals surface area contributed by atoms with Gasteiger partial charge in [-0.3, -0.25) is 4.99 Å². The average Bonchev–Trinajstić information content (AvgIpc) is 2.03. The maximum Gasteiger partial charge on any atom is 0.208 e. The van der Waals surface area contributed by atoms with Crippen molar-refractivity contribution in [2.45, 2.75) is 0 Å². The van der Waals surface area contributed by atoms with Crippen molar-refractivity contribution in [1.29, 1.82) is 0 Å². The minimum absolute atomic E-state index is 0. The molecule has 0 saturated carbocycles. The van der Waals surface area contributed by atoms with Gasteiger partial charge in [0.05, 0.1) is 6.26 Å². The number of aliphatic imine (C=N–C) groups is 1. The monoisotopic (exact) mass is 336 g/mol. The van der Waals surface area contributed by atoms with E-state index in [1.165, 1.54) is 0 Å². The Morgan fingerprint density at radius 3 is 2.29 bits per heavy atom. The standard InChI is InChI=1S/C6H16N4O2S.HI/c1-7-6(8-2)9-4-5-10-13(3,11)12;/h10H,4-5H2,1-3H3,(H2,7,8,9);1H. The predicted molar refractivity (Wildman–Crippen MR) is 68.7 cm³/mol. The van der Waals surface area contributed by atoms with Gasteiger partial charge in [0, 0.05) is 27.2 Å². The molecule has 3 N–H and O–H groups in total. The molecule has 0 atom stereocenters. The van der Waals surface area contributed by atoms with Gasteiger partial charge in [-0.25, -0.2) is 13.1 Å². The minimum Gasteiger partial charge on any atom is -0.359 e. The van der Waals surface area contributed by atoms with E-state index >= 15 is 0 Å². The summed E-state index contributed by atoms with van der Waals surface area (Å²) in [4.78, 5) is 3.86. The van der Waals surface area contributed by atoms with Crippen molar-refractivity contribution in [3.05, 3.63) is 0 Å². The summed E-state index contributed by atoms with van der Waals surface area (Å²) in [6, 6.07) is 0. The van der Waals surface area contributed by atoms with Gasteiger partial charge in [0.25, 0.3) is 0 Å². The van der Waals surface area contributed by atoms with Crippen LogP contribution in [0.5, 0.6) is 0 Å². The summed E-state index contributed by atoms with van der Waals surface area (Å²) >= 11 is 0. The molecule has 0 aromatic rings. The number of halogens is 1. The summed E-state index contributed by atoms with van der Waals surface area (Å²) in [6.45, 7) is 0.847. The molecule has 0 aliphatic heterocycles.